The monoisotopic (exact) mass is 351 g/mol. The van der Waals surface area contributed by atoms with Crippen LogP contribution in [-0.2, 0) is 5.41 Å². The van der Waals surface area contributed by atoms with E-state index in [0.717, 1.165) is 10.6 Å². The van der Waals surface area contributed by atoms with Crippen LogP contribution >= 0.6 is 11.3 Å². The quantitative estimate of drug-likeness (QED) is 0.717. The molecule has 3 rings (SSSR count). The summed E-state index contributed by atoms with van der Waals surface area (Å²) < 4.78 is 0. The van der Waals surface area contributed by atoms with Crippen LogP contribution in [0, 0.1) is 6.92 Å². The predicted octanol–water partition coefficient (Wildman–Crippen LogP) is 5.06. The Morgan fingerprint density at radius 2 is 1.60 bits per heavy atom. The Balaban J connectivity index is 1.72. The molecule has 0 bridgehead atoms. The first kappa shape index (κ1) is 17.3. The van der Waals surface area contributed by atoms with E-state index in [2.05, 4.69) is 36.3 Å². The third-order valence-corrected chi connectivity index (χ3v) is 4.84. The van der Waals surface area contributed by atoms with Crippen molar-refractivity contribution in [2.45, 2.75) is 33.1 Å². The van der Waals surface area contributed by atoms with E-state index < -0.39 is 0 Å². The normalized spacial score (nSPS) is 11.4. The second-order valence-corrected chi connectivity index (χ2v) is 8.04. The molecule has 0 aliphatic carbocycles. The Labute approximate surface area is 151 Å². The summed E-state index contributed by atoms with van der Waals surface area (Å²) in [6, 6.07) is 15.8. The maximum absolute atomic E-state index is 12.4. The van der Waals surface area contributed by atoms with Crippen molar-refractivity contribution in [2.24, 2.45) is 0 Å². The van der Waals surface area contributed by atoms with Crippen molar-refractivity contribution in [1.82, 2.24) is 10.2 Å². The Morgan fingerprint density at radius 1 is 0.960 bits per heavy atom. The maximum Gasteiger partial charge on any atom is 0.257 e. The van der Waals surface area contributed by atoms with Crippen molar-refractivity contribution in [3.05, 3.63) is 65.2 Å². The molecule has 1 aromatic heterocycles. The van der Waals surface area contributed by atoms with Gasteiger partial charge in [-0.25, -0.2) is 0 Å². The summed E-state index contributed by atoms with van der Waals surface area (Å²) in [4.78, 5) is 12.4. The zero-order valence-electron chi connectivity index (χ0n) is 14.8. The summed E-state index contributed by atoms with van der Waals surface area (Å²) in [7, 11) is 0. The molecule has 0 spiro atoms. The first-order valence-corrected chi connectivity index (χ1v) is 8.97. The van der Waals surface area contributed by atoms with Gasteiger partial charge in [0, 0.05) is 11.1 Å². The minimum absolute atomic E-state index is 0.0666. The van der Waals surface area contributed by atoms with Crippen LogP contribution in [0.1, 0.15) is 42.3 Å². The number of hydrogen-bond donors (Lipinski definition) is 1. The van der Waals surface area contributed by atoms with Gasteiger partial charge < -0.3 is 0 Å². The lowest BCUT2D eigenvalue weighted by molar-refractivity contribution is 0.102. The molecule has 1 amide bonds. The van der Waals surface area contributed by atoms with Crippen LogP contribution in [0.4, 0.5) is 5.13 Å². The minimum Gasteiger partial charge on any atom is -0.296 e. The molecule has 2 aromatic carbocycles. The summed E-state index contributed by atoms with van der Waals surface area (Å²) in [6.07, 6.45) is 0. The van der Waals surface area contributed by atoms with Gasteiger partial charge in [0.2, 0.25) is 5.13 Å². The van der Waals surface area contributed by atoms with Crippen LogP contribution in [0.5, 0.6) is 0 Å². The molecule has 0 atom stereocenters. The minimum atomic E-state index is -0.174. The van der Waals surface area contributed by atoms with Crippen molar-refractivity contribution in [2.75, 3.05) is 5.32 Å². The number of amides is 1. The molecule has 0 radical (unpaired) electrons. The number of aryl methyl sites for hydroxylation is 1. The summed E-state index contributed by atoms with van der Waals surface area (Å²) >= 11 is 1.37. The number of hydrogen-bond acceptors (Lipinski definition) is 4. The Morgan fingerprint density at radius 3 is 2.20 bits per heavy atom. The van der Waals surface area contributed by atoms with Gasteiger partial charge in [-0.3, -0.25) is 10.1 Å². The lowest BCUT2D eigenvalue weighted by Crippen LogP contribution is -2.14. The first-order chi connectivity index (χ1) is 11.8. The fourth-order valence-electron chi connectivity index (χ4n) is 2.38. The van der Waals surface area contributed by atoms with Crippen molar-refractivity contribution >= 4 is 22.4 Å². The largest absolute Gasteiger partial charge is 0.296 e. The molecule has 0 unspecified atom stereocenters. The number of nitrogens with zero attached hydrogens (tertiary/aromatic N) is 2. The summed E-state index contributed by atoms with van der Waals surface area (Å²) in [5.74, 6) is -0.174. The number of nitrogens with one attached hydrogen (secondary N) is 1. The van der Waals surface area contributed by atoms with E-state index in [9.17, 15) is 4.79 Å². The molecule has 0 aliphatic rings. The standard InChI is InChI=1S/C20H21N3OS/c1-13-5-7-15(8-6-13)18-22-23-19(25-18)21-17(24)14-9-11-16(12-10-14)20(2,3)4/h5-12H,1-4H3,(H,21,23,24). The van der Waals surface area contributed by atoms with E-state index >= 15 is 0 Å². The van der Waals surface area contributed by atoms with E-state index in [1.165, 1.54) is 22.5 Å². The van der Waals surface area contributed by atoms with Gasteiger partial charge in [-0.1, -0.05) is 74.1 Å². The number of carbonyl (C=O) groups excluding carboxylic acids is 1. The highest BCUT2D eigenvalue weighted by atomic mass is 32.1. The van der Waals surface area contributed by atoms with Gasteiger partial charge >= 0.3 is 0 Å². The third-order valence-electron chi connectivity index (χ3n) is 3.96. The topological polar surface area (TPSA) is 54.9 Å². The van der Waals surface area contributed by atoms with Gasteiger partial charge in [-0.15, -0.1) is 10.2 Å². The van der Waals surface area contributed by atoms with Crippen LogP contribution in [0.3, 0.4) is 0 Å². The highest BCUT2D eigenvalue weighted by Crippen LogP contribution is 2.27. The number of rotatable bonds is 3. The molecular weight excluding hydrogens is 330 g/mol. The maximum atomic E-state index is 12.4. The van der Waals surface area contributed by atoms with Crippen molar-refractivity contribution in [3.63, 3.8) is 0 Å². The average molecular weight is 351 g/mol. The van der Waals surface area contributed by atoms with Crippen LogP contribution < -0.4 is 5.32 Å². The lowest BCUT2D eigenvalue weighted by Gasteiger charge is -2.18. The number of anilines is 1. The van der Waals surface area contributed by atoms with E-state index in [1.54, 1.807) is 0 Å². The second kappa shape index (κ2) is 6.76. The zero-order chi connectivity index (χ0) is 18.0. The van der Waals surface area contributed by atoms with Gasteiger partial charge in [0.15, 0.2) is 0 Å². The van der Waals surface area contributed by atoms with E-state index in [-0.39, 0.29) is 11.3 Å². The van der Waals surface area contributed by atoms with Gasteiger partial charge in [0.05, 0.1) is 0 Å². The van der Waals surface area contributed by atoms with Gasteiger partial charge in [0.25, 0.3) is 5.91 Å². The Bertz CT molecular complexity index is 875. The molecule has 0 saturated heterocycles. The number of carbonyl (C=O) groups is 1. The lowest BCUT2D eigenvalue weighted by atomic mass is 9.87. The van der Waals surface area contributed by atoms with Crippen molar-refractivity contribution in [1.29, 1.82) is 0 Å². The van der Waals surface area contributed by atoms with Crippen LogP contribution in [0.2, 0.25) is 0 Å². The molecule has 128 valence electrons. The number of aromatic nitrogens is 2. The average Bonchev–Trinajstić information content (AvgIpc) is 3.03. The smallest absolute Gasteiger partial charge is 0.257 e. The molecule has 5 heteroatoms. The van der Waals surface area contributed by atoms with Crippen LogP contribution in [-0.4, -0.2) is 16.1 Å². The molecule has 3 aromatic rings. The molecule has 25 heavy (non-hydrogen) atoms. The van der Waals surface area contributed by atoms with Crippen LogP contribution in [0.25, 0.3) is 10.6 Å². The molecular formula is C20H21N3OS. The summed E-state index contributed by atoms with van der Waals surface area (Å²) in [6.45, 7) is 8.49. The molecule has 0 aliphatic heterocycles. The molecule has 1 N–H and O–H groups in total. The zero-order valence-corrected chi connectivity index (χ0v) is 15.6. The fourth-order valence-corrected chi connectivity index (χ4v) is 3.12. The van der Waals surface area contributed by atoms with E-state index in [4.69, 9.17) is 0 Å². The second-order valence-electron chi connectivity index (χ2n) is 7.06. The summed E-state index contributed by atoms with van der Waals surface area (Å²) in [5.41, 5.74) is 4.07. The van der Waals surface area contributed by atoms with Gasteiger partial charge in [0.1, 0.15) is 5.01 Å². The number of benzene rings is 2. The molecule has 0 saturated carbocycles. The Hall–Kier alpha value is -2.53. The van der Waals surface area contributed by atoms with E-state index in [0.29, 0.717) is 10.7 Å². The van der Waals surface area contributed by atoms with Gasteiger partial charge in [-0.05, 0) is 30.0 Å². The SMILES string of the molecule is Cc1ccc(-c2nnc(NC(=O)c3ccc(C(C)(C)C)cc3)s2)cc1. The fraction of sp³-hybridized carbons (Fsp3) is 0.250. The third kappa shape index (κ3) is 4.12. The van der Waals surface area contributed by atoms with Crippen molar-refractivity contribution in [3.8, 4) is 10.6 Å². The molecule has 1 heterocycles. The van der Waals surface area contributed by atoms with E-state index in [1.807, 2.05) is 55.5 Å². The highest BCUT2D eigenvalue weighted by molar-refractivity contribution is 7.18. The first-order valence-electron chi connectivity index (χ1n) is 8.15. The molecule has 4 nitrogen and oxygen atoms in total. The highest BCUT2D eigenvalue weighted by Gasteiger charge is 2.15. The van der Waals surface area contributed by atoms with Gasteiger partial charge in [-0.2, -0.15) is 0 Å². The molecule has 0 fully saturated rings. The summed E-state index contributed by atoms with van der Waals surface area (Å²) in [5, 5.41) is 12.4. The van der Waals surface area contributed by atoms with Crippen molar-refractivity contribution < 1.29 is 4.79 Å². The predicted molar refractivity (Wildman–Crippen MR) is 103 cm³/mol. The Kier molecular flexibility index (Phi) is 4.68. The van der Waals surface area contributed by atoms with Crippen LogP contribution in [0.15, 0.2) is 48.5 Å².